The SMILES string of the molecule is CC(c1cc2c3c(c1O)OC1C(=O)CC[C@H]4[C@@H](C2)N(CC2CCCO2)CC[C@]314)C(C)(O)c1ccccc1. The van der Waals surface area contributed by atoms with Gasteiger partial charge in [0.1, 0.15) is 0 Å². The van der Waals surface area contributed by atoms with E-state index in [0.29, 0.717) is 35.8 Å². The van der Waals surface area contributed by atoms with Gasteiger partial charge in [0, 0.05) is 48.1 Å². The van der Waals surface area contributed by atoms with Gasteiger partial charge < -0.3 is 19.7 Å². The molecule has 37 heavy (non-hydrogen) atoms. The van der Waals surface area contributed by atoms with Crippen molar-refractivity contribution in [2.24, 2.45) is 5.92 Å². The van der Waals surface area contributed by atoms with Crippen LogP contribution in [0.1, 0.15) is 74.1 Å². The maximum Gasteiger partial charge on any atom is 0.174 e. The summed E-state index contributed by atoms with van der Waals surface area (Å²) in [7, 11) is 0. The Kier molecular flexibility index (Phi) is 5.31. The number of likely N-dealkylation sites (tertiary alicyclic amines) is 1. The number of Topliss-reactive ketones (excluding diaryl/α,β-unsaturated/α-hetero) is 1. The number of aliphatic hydroxyl groups is 1. The van der Waals surface area contributed by atoms with Crippen molar-refractivity contribution in [2.45, 2.75) is 87.6 Å². The van der Waals surface area contributed by atoms with Crippen molar-refractivity contribution < 1.29 is 24.5 Å². The minimum atomic E-state index is -1.18. The van der Waals surface area contributed by atoms with Gasteiger partial charge in [0.05, 0.1) is 11.7 Å². The molecule has 5 aliphatic rings. The smallest absolute Gasteiger partial charge is 0.174 e. The number of ketones is 1. The largest absolute Gasteiger partial charge is 0.504 e. The average molecular weight is 504 g/mol. The van der Waals surface area contributed by atoms with Gasteiger partial charge in [-0.3, -0.25) is 9.69 Å². The van der Waals surface area contributed by atoms with E-state index in [1.807, 2.05) is 44.2 Å². The Balaban J connectivity index is 1.33. The van der Waals surface area contributed by atoms with E-state index >= 15 is 0 Å². The quantitative estimate of drug-likeness (QED) is 0.637. The zero-order valence-electron chi connectivity index (χ0n) is 21.8. The predicted molar refractivity (Wildman–Crippen MR) is 139 cm³/mol. The summed E-state index contributed by atoms with van der Waals surface area (Å²) in [6, 6.07) is 12.1. The van der Waals surface area contributed by atoms with E-state index in [4.69, 9.17) is 9.47 Å². The first-order chi connectivity index (χ1) is 17.8. The van der Waals surface area contributed by atoms with Crippen molar-refractivity contribution in [3.63, 3.8) is 0 Å². The predicted octanol–water partition coefficient (Wildman–Crippen LogP) is 4.19. The molecule has 2 saturated heterocycles. The first-order valence-electron chi connectivity index (χ1n) is 14.0. The van der Waals surface area contributed by atoms with Crippen LogP contribution in [0.15, 0.2) is 36.4 Å². The number of benzene rings is 2. The van der Waals surface area contributed by atoms with Gasteiger partial charge in [-0.05, 0) is 62.6 Å². The monoisotopic (exact) mass is 503 g/mol. The maximum absolute atomic E-state index is 13.3. The van der Waals surface area contributed by atoms with Crippen molar-refractivity contribution in [1.82, 2.24) is 4.90 Å². The molecule has 6 nitrogen and oxygen atoms in total. The molecule has 3 fully saturated rings. The zero-order chi connectivity index (χ0) is 25.5. The molecule has 2 aliphatic carbocycles. The molecule has 2 aromatic rings. The number of hydrogen-bond acceptors (Lipinski definition) is 6. The number of nitrogens with zero attached hydrogens (tertiary/aromatic N) is 1. The van der Waals surface area contributed by atoms with Gasteiger partial charge in [-0.1, -0.05) is 43.3 Å². The molecular weight excluding hydrogens is 466 g/mol. The third-order valence-corrected chi connectivity index (χ3v) is 10.5. The third-order valence-electron chi connectivity index (χ3n) is 10.5. The average Bonchev–Trinajstić information content (AvgIpc) is 3.54. The number of carbonyl (C=O) groups is 1. The second-order valence-electron chi connectivity index (χ2n) is 12.2. The van der Waals surface area contributed by atoms with Crippen molar-refractivity contribution >= 4 is 5.78 Å². The highest BCUT2D eigenvalue weighted by atomic mass is 16.5. The number of hydrogen-bond donors (Lipinski definition) is 2. The Hall–Kier alpha value is -2.41. The summed E-state index contributed by atoms with van der Waals surface area (Å²) in [4.78, 5) is 15.9. The van der Waals surface area contributed by atoms with Crippen LogP contribution in [-0.2, 0) is 27.0 Å². The number of aromatic hydroxyl groups is 1. The maximum atomic E-state index is 13.3. The van der Waals surface area contributed by atoms with Crippen LogP contribution >= 0.6 is 0 Å². The van der Waals surface area contributed by atoms with Gasteiger partial charge in [-0.15, -0.1) is 0 Å². The van der Waals surface area contributed by atoms with Crippen LogP contribution in [0.4, 0.5) is 0 Å². The number of phenols is 1. The number of rotatable bonds is 5. The lowest BCUT2D eigenvalue weighted by Gasteiger charge is -2.58. The molecule has 2 aromatic carbocycles. The van der Waals surface area contributed by atoms with Crippen LogP contribution in [0, 0.1) is 5.92 Å². The van der Waals surface area contributed by atoms with Crippen LogP contribution in [-0.4, -0.2) is 58.8 Å². The van der Waals surface area contributed by atoms with Crippen molar-refractivity contribution in [3.05, 3.63) is 58.7 Å². The molecular formula is C31H37NO5. The third kappa shape index (κ3) is 3.25. The molecule has 4 unspecified atom stereocenters. The number of piperidine rings is 1. The lowest BCUT2D eigenvalue weighted by Crippen LogP contribution is -2.66. The topological polar surface area (TPSA) is 79.2 Å². The van der Waals surface area contributed by atoms with Crippen LogP contribution in [0.25, 0.3) is 0 Å². The van der Waals surface area contributed by atoms with Crippen molar-refractivity contribution in [1.29, 1.82) is 0 Å². The summed E-state index contributed by atoms with van der Waals surface area (Å²) in [6.07, 6.45) is 5.20. The summed E-state index contributed by atoms with van der Waals surface area (Å²) in [6.45, 7) is 6.50. The highest BCUT2D eigenvalue weighted by Crippen LogP contribution is 2.64. The molecule has 2 bridgehead atoms. The minimum absolute atomic E-state index is 0.0954. The molecule has 6 heteroatoms. The Labute approximate surface area is 218 Å². The Morgan fingerprint density at radius 1 is 1.24 bits per heavy atom. The number of ether oxygens (including phenoxy) is 2. The fourth-order valence-electron chi connectivity index (χ4n) is 8.44. The van der Waals surface area contributed by atoms with E-state index in [2.05, 4.69) is 11.0 Å². The molecule has 0 aromatic heterocycles. The van der Waals surface area contributed by atoms with Crippen LogP contribution < -0.4 is 4.74 Å². The van der Waals surface area contributed by atoms with E-state index in [1.54, 1.807) is 0 Å². The first-order valence-corrected chi connectivity index (χ1v) is 14.0. The minimum Gasteiger partial charge on any atom is -0.504 e. The lowest BCUT2D eigenvalue weighted by molar-refractivity contribution is -0.139. The Bertz CT molecular complexity index is 1240. The zero-order valence-corrected chi connectivity index (χ0v) is 21.8. The van der Waals surface area contributed by atoms with E-state index in [-0.39, 0.29) is 22.9 Å². The second kappa shape index (κ2) is 8.29. The molecule has 3 heterocycles. The Morgan fingerprint density at radius 2 is 2.05 bits per heavy atom. The second-order valence-corrected chi connectivity index (χ2v) is 12.2. The first kappa shape index (κ1) is 23.7. The van der Waals surface area contributed by atoms with Gasteiger partial charge in [-0.2, -0.15) is 0 Å². The fourth-order valence-corrected chi connectivity index (χ4v) is 8.44. The van der Waals surface area contributed by atoms with Crippen LogP contribution in [0.5, 0.6) is 11.5 Å². The Morgan fingerprint density at radius 3 is 2.81 bits per heavy atom. The van der Waals surface area contributed by atoms with E-state index < -0.39 is 11.7 Å². The molecule has 7 rings (SSSR count). The standard InChI is InChI=1S/C31H37NO5/c1-18(30(2,35)20-7-4-3-5-8-20)22-15-19-16-24-23-10-11-25(33)29-31(23,26(19)28(37-29)27(22)34)12-13-32(24)17-21-9-6-14-36-21/h3-5,7-8,15,18,21,23-24,29,34-35H,6,9-14,16-17H2,1-2H3/t18?,21?,23-,24+,29?,30?,31-/m0/s1. The summed E-state index contributed by atoms with van der Waals surface area (Å²) in [5, 5.41) is 23.3. The van der Waals surface area contributed by atoms with E-state index in [1.165, 1.54) is 5.56 Å². The van der Waals surface area contributed by atoms with Gasteiger partial charge >= 0.3 is 0 Å². The summed E-state index contributed by atoms with van der Waals surface area (Å²) in [5.41, 5.74) is 2.21. The summed E-state index contributed by atoms with van der Waals surface area (Å²) in [5.74, 6) is 0.722. The molecule has 1 spiro atoms. The molecule has 3 aliphatic heterocycles. The molecule has 2 N–H and O–H groups in total. The van der Waals surface area contributed by atoms with E-state index in [0.717, 1.165) is 62.9 Å². The number of carbonyl (C=O) groups excluding carboxylic acids is 1. The highest BCUT2D eigenvalue weighted by molar-refractivity contribution is 5.89. The molecule has 0 radical (unpaired) electrons. The highest BCUT2D eigenvalue weighted by Gasteiger charge is 2.66. The molecule has 196 valence electrons. The van der Waals surface area contributed by atoms with Crippen molar-refractivity contribution in [3.8, 4) is 11.5 Å². The van der Waals surface area contributed by atoms with Gasteiger partial charge in [0.2, 0.25) is 0 Å². The summed E-state index contributed by atoms with van der Waals surface area (Å²) < 4.78 is 12.5. The number of phenolic OH excluding ortho intramolecular Hbond substituents is 1. The summed E-state index contributed by atoms with van der Waals surface area (Å²) >= 11 is 0. The van der Waals surface area contributed by atoms with Gasteiger partial charge in [0.15, 0.2) is 23.4 Å². The normalized spacial score (nSPS) is 34.5. The molecule has 1 saturated carbocycles. The fraction of sp³-hybridized carbons (Fsp3) is 0.581. The lowest BCUT2D eigenvalue weighted by atomic mass is 9.51. The molecule has 7 atom stereocenters. The van der Waals surface area contributed by atoms with Crippen LogP contribution in [0.3, 0.4) is 0 Å². The van der Waals surface area contributed by atoms with E-state index in [9.17, 15) is 15.0 Å². The van der Waals surface area contributed by atoms with Crippen molar-refractivity contribution in [2.75, 3.05) is 19.7 Å². The van der Waals surface area contributed by atoms with Gasteiger partial charge in [0.25, 0.3) is 0 Å². The molecule has 0 amide bonds. The van der Waals surface area contributed by atoms with Gasteiger partial charge in [-0.25, -0.2) is 0 Å². The van der Waals surface area contributed by atoms with Crippen LogP contribution in [0.2, 0.25) is 0 Å².